The van der Waals surface area contributed by atoms with Crippen molar-refractivity contribution < 1.29 is 22.4 Å². The molecule has 2 amide bonds. The van der Waals surface area contributed by atoms with Crippen molar-refractivity contribution in [3.05, 3.63) is 65.3 Å². The van der Waals surface area contributed by atoms with Crippen molar-refractivity contribution in [3.63, 3.8) is 0 Å². The van der Waals surface area contributed by atoms with Crippen molar-refractivity contribution >= 4 is 39.1 Å². The lowest BCUT2D eigenvalue weighted by atomic mass is 9.97. The van der Waals surface area contributed by atoms with Crippen LogP contribution in [-0.4, -0.2) is 47.4 Å². The number of hydrogen-bond donors (Lipinski definition) is 2. The second-order valence-electron chi connectivity index (χ2n) is 7.95. The minimum atomic E-state index is -3.66. The molecule has 2 N–H and O–H groups in total. The quantitative estimate of drug-likeness (QED) is 0.508. The van der Waals surface area contributed by atoms with Crippen LogP contribution in [0, 0.1) is 5.92 Å². The first-order chi connectivity index (χ1) is 16.2. The molecule has 3 aromatic rings. The zero-order chi connectivity index (χ0) is 24.3. The third-order valence-electron chi connectivity index (χ3n) is 5.58. The van der Waals surface area contributed by atoms with Crippen LogP contribution in [0.25, 0.3) is 0 Å². The van der Waals surface area contributed by atoms with Crippen LogP contribution < -0.4 is 10.6 Å². The molecule has 0 bridgehead atoms. The van der Waals surface area contributed by atoms with Crippen LogP contribution in [0.4, 0.5) is 5.69 Å². The summed E-state index contributed by atoms with van der Waals surface area (Å²) < 4.78 is 33.7. The predicted octanol–water partition coefficient (Wildman–Crippen LogP) is 2.64. The van der Waals surface area contributed by atoms with Gasteiger partial charge in [0.05, 0.1) is 23.4 Å². The number of nitrogens with one attached hydrogen (secondary N) is 2. The standard InChI is InChI=1S/C22H24ClN5O5S/c1-27-14-19(20(26-27)22(30)24-13-17-3-2-12-33-17)25-21(29)15-8-10-28(11-9-15)34(31,32)18-6-4-16(23)5-7-18/h2-7,12,14-15H,8-11,13H2,1H3,(H,24,30)(H,25,29). The average Bonchev–Trinajstić information content (AvgIpc) is 3.47. The number of benzene rings is 1. The first kappa shape index (κ1) is 24.0. The zero-order valence-corrected chi connectivity index (χ0v) is 20.0. The van der Waals surface area contributed by atoms with Crippen molar-refractivity contribution in [2.75, 3.05) is 18.4 Å². The van der Waals surface area contributed by atoms with Crippen LogP contribution in [0.3, 0.4) is 0 Å². The van der Waals surface area contributed by atoms with E-state index in [4.69, 9.17) is 16.0 Å². The van der Waals surface area contributed by atoms with E-state index in [1.807, 2.05) is 0 Å². The van der Waals surface area contributed by atoms with Gasteiger partial charge in [0.1, 0.15) is 5.76 Å². The average molecular weight is 506 g/mol. The first-order valence-corrected chi connectivity index (χ1v) is 12.5. The van der Waals surface area contributed by atoms with Crippen LogP contribution in [0.2, 0.25) is 5.02 Å². The summed E-state index contributed by atoms with van der Waals surface area (Å²) in [7, 11) is -2.01. The smallest absolute Gasteiger partial charge is 0.274 e. The fraction of sp³-hybridized carbons (Fsp3) is 0.318. The largest absolute Gasteiger partial charge is 0.467 e. The lowest BCUT2D eigenvalue weighted by molar-refractivity contribution is -0.120. The number of furan rings is 1. The number of anilines is 1. The van der Waals surface area contributed by atoms with Gasteiger partial charge >= 0.3 is 0 Å². The Hall–Kier alpha value is -3.15. The van der Waals surface area contributed by atoms with Crippen molar-refractivity contribution in [2.45, 2.75) is 24.3 Å². The summed E-state index contributed by atoms with van der Waals surface area (Å²) >= 11 is 5.85. The lowest BCUT2D eigenvalue weighted by Crippen LogP contribution is -2.41. The number of hydrogen-bond acceptors (Lipinski definition) is 6. The normalized spacial score (nSPS) is 15.2. The van der Waals surface area contributed by atoms with Crippen molar-refractivity contribution in [2.24, 2.45) is 13.0 Å². The minimum absolute atomic E-state index is 0.0881. The second kappa shape index (κ2) is 10.00. The molecule has 3 heterocycles. The maximum absolute atomic E-state index is 12.9. The molecular formula is C22H24ClN5O5S. The summed E-state index contributed by atoms with van der Waals surface area (Å²) in [6.07, 6.45) is 3.79. The third-order valence-corrected chi connectivity index (χ3v) is 7.75. The summed E-state index contributed by atoms with van der Waals surface area (Å²) in [6.45, 7) is 0.621. The number of piperidine rings is 1. The Balaban J connectivity index is 1.36. The molecule has 34 heavy (non-hydrogen) atoms. The molecule has 0 aliphatic carbocycles. The molecule has 1 aromatic carbocycles. The molecule has 0 saturated carbocycles. The first-order valence-electron chi connectivity index (χ1n) is 10.6. The Bertz CT molecular complexity index is 1260. The van der Waals surface area contributed by atoms with Crippen molar-refractivity contribution in [1.82, 2.24) is 19.4 Å². The lowest BCUT2D eigenvalue weighted by Gasteiger charge is -2.30. The summed E-state index contributed by atoms with van der Waals surface area (Å²) in [5, 5.41) is 10.1. The van der Waals surface area contributed by atoms with Gasteiger partial charge in [-0.2, -0.15) is 9.40 Å². The Kier molecular flexibility index (Phi) is 7.05. The molecule has 1 saturated heterocycles. The summed E-state index contributed by atoms with van der Waals surface area (Å²) in [6, 6.07) is 9.46. The molecule has 1 aliphatic heterocycles. The van der Waals surface area contributed by atoms with Gasteiger partial charge in [-0.05, 0) is 49.2 Å². The highest BCUT2D eigenvalue weighted by Crippen LogP contribution is 2.26. The van der Waals surface area contributed by atoms with E-state index >= 15 is 0 Å². The van der Waals surface area contributed by atoms with Crippen LogP contribution in [0.5, 0.6) is 0 Å². The summed E-state index contributed by atoms with van der Waals surface area (Å²) in [4.78, 5) is 25.6. The van der Waals surface area contributed by atoms with E-state index in [-0.39, 0.29) is 36.1 Å². The van der Waals surface area contributed by atoms with Crippen molar-refractivity contribution in [1.29, 1.82) is 0 Å². The Morgan fingerprint density at radius 3 is 2.53 bits per heavy atom. The number of carbonyl (C=O) groups excluding carboxylic acids is 2. The second-order valence-corrected chi connectivity index (χ2v) is 10.3. The number of sulfonamides is 1. The van der Waals surface area contributed by atoms with E-state index in [9.17, 15) is 18.0 Å². The molecule has 0 radical (unpaired) electrons. The van der Waals surface area contributed by atoms with Gasteiger partial charge in [0.25, 0.3) is 5.91 Å². The predicted molar refractivity (Wildman–Crippen MR) is 125 cm³/mol. The molecular weight excluding hydrogens is 482 g/mol. The molecule has 0 unspecified atom stereocenters. The van der Waals surface area contributed by atoms with Crippen LogP contribution in [0.15, 0.2) is 58.2 Å². The topological polar surface area (TPSA) is 127 Å². The highest BCUT2D eigenvalue weighted by molar-refractivity contribution is 7.89. The van der Waals surface area contributed by atoms with Gasteiger partial charge < -0.3 is 15.1 Å². The van der Waals surface area contributed by atoms with E-state index < -0.39 is 21.8 Å². The van der Waals surface area contributed by atoms with E-state index in [0.717, 1.165) is 0 Å². The third kappa shape index (κ3) is 5.32. The Labute approximate surface area is 201 Å². The molecule has 12 heteroatoms. The molecule has 10 nitrogen and oxygen atoms in total. The number of halogens is 1. The van der Waals surface area contributed by atoms with Gasteiger partial charge in [-0.1, -0.05) is 11.6 Å². The monoisotopic (exact) mass is 505 g/mol. The van der Waals surface area contributed by atoms with Crippen LogP contribution in [-0.2, 0) is 28.4 Å². The molecule has 0 spiro atoms. The number of rotatable bonds is 7. The Morgan fingerprint density at radius 1 is 1.18 bits per heavy atom. The van der Waals surface area contributed by atoms with Gasteiger partial charge in [-0.25, -0.2) is 8.42 Å². The summed E-state index contributed by atoms with van der Waals surface area (Å²) in [5.74, 6) is -0.529. The highest BCUT2D eigenvalue weighted by Gasteiger charge is 2.32. The fourth-order valence-electron chi connectivity index (χ4n) is 3.76. The number of carbonyl (C=O) groups is 2. The van der Waals surface area contributed by atoms with Gasteiger partial charge in [0.2, 0.25) is 15.9 Å². The number of amides is 2. The molecule has 180 valence electrons. The molecule has 1 fully saturated rings. The fourth-order valence-corrected chi connectivity index (χ4v) is 5.36. The maximum atomic E-state index is 12.9. The minimum Gasteiger partial charge on any atom is -0.467 e. The number of nitrogens with zero attached hydrogens (tertiary/aromatic N) is 3. The number of aromatic nitrogens is 2. The molecule has 1 aliphatic rings. The van der Waals surface area contributed by atoms with E-state index in [1.54, 1.807) is 25.4 Å². The Morgan fingerprint density at radius 2 is 1.88 bits per heavy atom. The van der Waals surface area contributed by atoms with E-state index in [1.165, 1.54) is 39.5 Å². The number of aryl methyl sites for hydroxylation is 1. The zero-order valence-electron chi connectivity index (χ0n) is 18.4. The highest BCUT2D eigenvalue weighted by atomic mass is 35.5. The van der Waals surface area contributed by atoms with Crippen molar-refractivity contribution in [3.8, 4) is 0 Å². The van der Waals surface area contributed by atoms with Gasteiger partial charge in [-0.3, -0.25) is 14.3 Å². The maximum Gasteiger partial charge on any atom is 0.274 e. The van der Waals surface area contributed by atoms with Crippen LogP contribution >= 0.6 is 11.6 Å². The van der Waals surface area contributed by atoms with Gasteiger partial charge in [0.15, 0.2) is 5.69 Å². The van der Waals surface area contributed by atoms with Gasteiger partial charge in [-0.15, -0.1) is 0 Å². The van der Waals surface area contributed by atoms with Crippen LogP contribution in [0.1, 0.15) is 29.1 Å². The summed E-state index contributed by atoms with van der Waals surface area (Å²) in [5.41, 5.74) is 0.380. The molecule has 4 rings (SSSR count). The SMILES string of the molecule is Cn1cc(NC(=O)C2CCN(S(=O)(=O)c3ccc(Cl)cc3)CC2)c(C(=O)NCc2ccco2)n1. The van der Waals surface area contributed by atoms with Gasteiger partial charge in [0, 0.05) is 37.3 Å². The molecule has 2 aromatic heterocycles. The van der Waals surface area contributed by atoms with E-state index in [2.05, 4.69) is 15.7 Å². The van der Waals surface area contributed by atoms with E-state index in [0.29, 0.717) is 29.3 Å². The molecule has 0 atom stereocenters.